The molecule has 2 aliphatic rings. The van der Waals surface area contributed by atoms with E-state index in [4.69, 9.17) is 4.74 Å². The van der Waals surface area contributed by atoms with E-state index >= 15 is 0 Å². The molecule has 1 fully saturated rings. The van der Waals surface area contributed by atoms with Crippen LogP contribution in [0, 0.1) is 11.8 Å². The summed E-state index contributed by atoms with van der Waals surface area (Å²) in [5.41, 5.74) is 2.19. The van der Waals surface area contributed by atoms with E-state index in [1.165, 1.54) is 16.2 Å². The summed E-state index contributed by atoms with van der Waals surface area (Å²) in [6.45, 7) is 4.72. The maximum absolute atomic E-state index is 12.4. The SMILES string of the molecule is C[C@H]1[C@H](C)CCC[C@@H]1NC(=O)COC(=O)CCN1c2ccccc2Sc2ccccc21. The summed E-state index contributed by atoms with van der Waals surface area (Å²) in [6, 6.07) is 16.6. The van der Waals surface area contributed by atoms with E-state index in [1.807, 2.05) is 24.3 Å². The third-order valence-electron chi connectivity index (χ3n) is 6.49. The average Bonchev–Trinajstić information content (AvgIpc) is 2.78. The number of ether oxygens (including phenoxy) is 1. The lowest BCUT2D eigenvalue weighted by Crippen LogP contribution is -2.45. The molecule has 0 radical (unpaired) electrons. The third-order valence-corrected chi connectivity index (χ3v) is 7.62. The van der Waals surface area contributed by atoms with Gasteiger partial charge in [-0.25, -0.2) is 0 Å². The van der Waals surface area contributed by atoms with Gasteiger partial charge >= 0.3 is 5.97 Å². The highest BCUT2D eigenvalue weighted by Gasteiger charge is 2.28. The van der Waals surface area contributed by atoms with Crippen molar-refractivity contribution in [2.45, 2.75) is 55.4 Å². The predicted molar refractivity (Wildman–Crippen MR) is 124 cm³/mol. The summed E-state index contributed by atoms with van der Waals surface area (Å²) < 4.78 is 5.29. The van der Waals surface area contributed by atoms with Gasteiger partial charge in [0.25, 0.3) is 5.91 Å². The lowest BCUT2D eigenvalue weighted by atomic mass is 9.78. The molecule has 0 bridgehead atoms. The van der Waals surface area contributed by atoms with Crippen molar-refractivity contribution in [1.82, 2.24) is 5.32 Å². The molecule has 0 spiro atoms. The van der Waals surface area contributed by atoms with Crippen molar-refractivity contribution >= 4 is 35.0 Å². The summed E-state index contributed by atoms with van der Waals surface area (Å²) in [5.74, 6) is 0.498. The molecule has 1 aliphatic heterocycles. The smallest absolute Gasteiger partial charge is 0.308 e. The Hall–Kier alpha value is -2.47. The quantitative estimate of drug-likeness (QED) is 0.631. The van der Waals surface area contributed by atoms with Crippen molar-refractivity contribution in [1.29, 1.82) is 0 Å². The summed E-state index contributed by atoms with van der Waals surface area (Å²) in [7, 11) is 0. The topological polar surface area (TPSA) is 58.6 Å². The van der Waals surface area contributed by atoms with E-state index in [0.717, 1.165) is 24.2 Å². The van der Waals surface area contributed by atoms with Gasteiger partial charge in [-0.05, 0) is 42.5 Å². The second kappa shape index (κ2) is 9.77. The molecular weight excluding hydrogens is 408 g/mol. The second-order valence-electron chi connectivity index (χ2n) is 8.54. The number of benzene rings is 2. The van der Waals surface area contributed by atoms with E-state index in [2.05, 4.69) is 48.3 Å². The predicted octanol–water partition coefficient (Wildman–Crippen LogP) is 5.16. The molecule has 0 unspecified atom stereocenters. The Kier molecular flexibility index (Phi) is 6.86. The number of para-hydroxylation sites is 2. The molecule has 31 heavy (non-hydrogen) atoms. The van der Waals surface area contributed by atoms with E-state index in [0.29, 0.717) is 18.4 Å². The number of carbonyl (C=O) groups excluding carboxylic acids is 2. The van der Waals surface area contributed by atoms with Gasteiger partial charge in [0.05, 0.1) is 17.8 Å². The minimum absolute atomic E-state index is 0.175. The lowest BCUT2D eigenvalue weighted by molar-refractivity contribution is -0.148. The van der Waals surface area contributed by atoms with Crippen molar-refractivity contribution in [2.75, 3.05) is 18.1 Å². The number of nitrogens with zero attached hydrogens (tertiary/aromatic N) is 1. The Bertz CT molecular complexity index is 902. The highest BCUT2D eigenvalue weighted by molar-refractivity contribution is 7.99. The number of hydrogen-bond donors (Lipinski definition) is 1. The van der Waals surface area contributed by atoms with Crippen LogP contribution in [0.5, 0.6) is 0 Å². The fraction of sp³-hybridized carbons (Fsp3) is 0.440. The van der Waals surface area contributed by atoms with Crippen LogP contribution in [-0.4, -0.2) is 31.1 Å². The van der Waals surface area contributed by atoms with Crippen LogP contribution < -0.4 is 10.2 Å². The van der Waals surface area contributed by atoms with Crippen LogP contribution >= 0.6 is 11.8 Å². The van der Waals surface area contributed by atoms with E-state index < -0.39 is 0 Å². The molecule has 0 aromatic heterocycles. The lowest BCUT2D eigenvalue weighted by Gasteiger charge is -2.34. The molecule has 0 saturated heterocycles. The fourth-order valence-corrected chi connectivity index (χ4v) is 5.57. The normalized spacial score (nSPS) is 22.3. The number of amides is 1. The van der Waals surface area contributed by atoms with Gasteiger partial charge in [0.2, 0.25) is 0 Å². The van der Waals surface area contributed by atoms with Gasteiger partial charge in [0.15, 0.2) is 6.61 Å². The molecule has 1 N–H and O–H groups in total. The maximum Gasteiger partial charge on any atom is 0.308 e. The number of nitrogens with one attached hydrogen (secondary N) is 1. The largest absolute Gasteiger partial charge is 0.456 e. The molecule has 6 heteroatoms. The van der Waals surface area contributed by atoms with Gasteiger partial charge in [0.1, 0.15) is 0 Å². The molecule has 3 atom stereocenters. The van der Waals surface area contributed by atoms with Crippen LogP contribution in [0.3, 0.4) is 0 Å². The highest BCUT2D eigenvalue weighted by atomic mass is 32.2. The molecule has 164 valence electrons. The maximum atomic E-state index is 12.4. The Labute approximate surface area is 188 Å². The second-order valence-corrected chi connectivity index (χ2v) is 9.62. The van der Waals surface area contributed by atoms with Crippen LogP contribution in [0.15, 0.2) is 58.3 Å². The third kappa shape index (κ3) is 5.06. The first kappa shape index (κ1) is 21.8. The molecule has 4 rings (SSSR count). The number of rotatable bonds is 6. The molecule has 2 aromatic rings. The van der Waals surface area contributed by atoms with E-state index in [1.54, 1.807) is 11.8 Å². The standard InChI is InChI=1S/C25H30N2O3S/c1-17-8-7-9-19(18(17)2)26-24(28)16-30-25(29)14-15-27-20-10-3-5-12-22(20)31-23-13-6-4-11-21(23)27/h3-6,10-13,17-19H,7-9,14-16H2,1-2H3,(H,26,28)/t17-,18+,19+/m1/s1. The number of anilines is 2. The Morgan fingerprint density at radius 1 is 1.03 bits per heavy atom. The van der Waals surface area contributed by atoms with Gasteiger partial charge in [-0.15, -0.1) is 0 Å². The Morgan fingerprint density at radius 2 is 1.68 bits per heavy atom. The van der Waals surface area contributed by atoms with Crippen molar-refractivity contribution in [3.63, 3.8) is 0 Å². The Balaban J connectivity index is 1.31. The molecule has 1 heterocycles. The van der Waals surface area contributed by atoms with Gasteiger partial charge < -0.3 is 15.0 Å². The number of carbonyl (C=O) groups is 2. The van der Waals surface area contributed by atoms with Crippen LogP contribution in [0.1, 0.15) is 39.5 Å². The zero-order chi connectivity index (χ0) is 21.8. The average molecular weight is 439 g/mol. The van der Waals surface area contributed by atoms with Gasteiger partial charge in [-0.2, -0.15) is 0 Å². The molecule has 1 amide bonds. The van der Waals surface area contributed by atoms with Crippen LogP contribution in [0.2, 0.25) is 0 Å². The fourth-order valence-electron chi connectivity index (χ4n) is 4.48. The summed E-state index contributed by atoms with van der Waals surface area (Å²) in [5, 5.41) is 3.06. The zero-order valence-corrected chi connectivity index (χ0v) is 19.0. The number of esters is 1. The van der Waals surface area contributed by atoms with Gasteiger partial charge in [0, 0.05) is 22.4 Å². The first-order chi connectivity index (χ1) is 15.0. The number of hydrogen-bond acceptors (Lipinski definition) is 5. The van der Waals surface area contributed by atoms with Crippen molar-refractivity contribution < 1.29 is 14.3 Å². The minimum Gasteiger partial charge on any atom is -0.456 e. The van der Waals surface area contributed by atoms with Crippen molar-refractivity contribution in [3.05, 3.63) is 48.5 Å². The molecule has 5 nitrogen and oxygen atoms in total. The summed E-state index contributed by atoms with van der Waals surface area (Å²) in [6.07, 6.45) is 3.56. The Morgan fingerprint density at radius 3 is 2.35 bits per heavy atom. The van der Waals surface area contributed by atoms with Gasteiger partial charge in [-0.1, -0.05) is 62.7 Å². The zero-order valence-electron chi connectivity index (χ0n) is 18.2. The van der Waals surface area contributed by atoms with E-state index in [9.17, 15) is 9.59 Å². The first-order valence-corrected chi connectivity index (χ1v) is 11.9. The monoisotopic (exact) mass is 438 g/mol. The number of fused-ring (bicyclic) bond motifs is 2. The van der Waals surface area contributed by atoms with Crippen LogP contribution in [0.25, 0.3) is 0 Å². The van der Waals surface area contributed by atoms with E-state index in [-0.39, 0.29) is 30.9 Å². The molecule has 1 aliphatic carbocycles. The minimum atomic E-state index is -0.353. The van der Waals surface area contributed by atoms with Crippen LogP contribution in [-0.2, 0) is 14.3 Å². The first-order valence-electron chi connectivity index (χ1n) is 11.1. The molecular formula is C25H30N2O3S. The van der Waals surface area contributed by atoms with Crippen LogP contribution in [0.4, 0.5) is 11.4 Å². The highest BCUT2D eigenvalue weighted by Crippen LogP contribution is 2.47. The molecule has 1 saturated carbocycles. The summed E-state index contributed by atoms with van der Waals surface area (Å²) in [4.78, 5) is 29.2. The molecule has 2 aromatic carbocycles. The van der Waals surface area contributed by atoms with Crippen molar-refractivity contribution in [2.24, 2.45) is 11.8 Å². The van der Waals surface area contributed by atoms with Gasteiger partial charge in [-0.3, -0.25) is 9.59 Å². The van der Waals surface area contributed by atoms with Crippen molar-refractivity contribution in [3.8, 4) is 0 Å². The summed E-state index contributed by atoms with van der Waals surface area (Å²) >= 11 is 1.74.